The van der Waals surface area contributed by atoms with Crippen molar-refractivity contribution in [1.82, 2.24) is 5.32 Å². The van der Waals surface area contributed by atoms with Crippen molar-refractivity contribution < 1.29 is 19.0 Å². The summed E-state index contributed by atoms with van der Waals surface area (Å²) in [5.74, 6) is 2.09. The molecule has 0 radical (unpaired) electrons. The maximum absolute atomic E-state index is 12.4. The summed E-state index contributed by atoms with van der Waals surface area (Å²) in [6.45, 7) is 9.19. The van der Waals surface area contributed by atoms with Gasteiger partial charge in [-0.25, -0.2) is 0 Å². The van der Waals surface area contributed by atoms with Crippen molar-refractivity contribution in [2.24, 2.45) is 0 Å². The van der Waals surface area contributed by atoms with Gasteiger partial charge in [0, 0.05) is 0 Å². The third-order valence-corrected chi connectivity index (χ3v) is 4.35. The Hall–Kier alpha value is -2.69. The Balaban J connectivity index is 1.84. The molecule has 0 aliphatic carbocycles. The van der Waals surface area contributed by atoms with E-state index >= 15 is 0 Å². The van der Waals surface area contributed by atoms with Crippen LogP contribution < -0.4 is 19.5 Å². The first kappa shape index (κ1) is 21.6. The Morgan fingerprint density at radius 2 is 1.68 bits per heavy atom. The summed E-state index contributed by atoms with van der Waals surface area (Å²) in [6.07, 6.45) is 0.0289. The van der Waals surface area contributed by atoms with Crippen LogP contribution in [-0.2, 0) is 10.2 Å². The van der Waals surface area contributed by atoms with Crippen LogP contribution in [0.4, 0.5) is 0 Å². The van der Waals surface area contributed by atoms with E-state index in [9.17, 15) is 4.79 Å². The molecule has 2 aromatic carbocycles. The average Bonchev–Trinajstić information content (AvgIpc) is 2.69. The summed E-state index contributed by atoms with van der Waals surface area (Å²) in [6, 6.07) is 15.2. The van der Waals surface area contributed by atoms with Gasteiger partial charge < -0.3 is 19.5 Å². The van der Waals surface area contributed by atoms with Crippen LogP contribution in [0.2, 0.25) is 0 Å². The highest BCUT2D eigenvalue weighted by Crippen LogP contribution is 2.30. The summed E-state index contributed by atoms with van der Waals surface area (Å²) in [5, 5.41) is 2.89. The molecular formula is C23H31NO4. The molecule has 0 aliphatic heterocycles. The molecule has 0 fully saturated rings. The minimum absolute atomic E-state index is 0.000643. The second-order valence-corrected chi connectivity index (χ2v) is 7.58. The Kier molecular flexibility index (Phi) is 7.73. The van der Waals surface area contributed by atoms with Crippen LogP contribution in [0, 0.1) is 0 Å². The van der Waals surface area contributed by atoms with Crippen LogP contribution in [0.25, 0.3) is 0 Å². The Morgan fingerprint density at radius 1 is 1.04 bits per heavy atom. The number of benzene rings is 2. The Morgan fingerprint density at radius 3 is 2.29 bits per heavy atom. The molecule has 1 amide bonds. The van der Waals surface area contributed by atoms with Crippen molar-refractivity contribution in [3.63, 3.8) is 0 Å². The molecule has 0 saturated carbocycles. The zero-order valence-electron chi connectivity index (χ0n) is 17.5. The Bertz CT molecular complexity index is 750. The van der Waals surface area contributed by atoms with Crippen LogP contribution >= 0.6 is 0 Å². The second-order valence-electron chi connectivity index (χ2n) is 7.58. The lowest BCUT2D eigenvalue weighted by Gasteiger charge is -2.23. The molecule has 5 heteroatoms. The van der Waals surface area contributed by atoms with Gasteiger partial charge in [0.2, 0.25) is 0 Å². The third-order valence-electron chi connectivity index (χ3n) is 4.35. The fraction of sp³-hybridized carbons (Fsp3) is 0.435. The molecule has 0 spiro atoms. The number of methoxy groups -OCH3 is 1. The van der Waals surface area contributed by atoms with E-state index in [-0.39, 0.29) is 11.3 Å². The number of amides is 1. The predicted octanol–water partition coefficient (Wildman–Crippen LogP) is 4.35. The van der Waals surface area contributed by atoms with Gasteiger partial charge in [0.25, 0.3) is 5.91 Å². The summed E-state index contributed by atoms with van der Waals surface area (Å²) in [4.78, 5) is 12.4. The molecule has 0 bridgehead atoms. The molecule has 5 nitrogen and oxygen atoms in total. The first-order chi connectivity index (χ1) is 13.3. The first-order valence-corrected chi connectivity index (χ1v) is 9.66. The van der Waals surface area contributed by atoms with Crippen molar-refractivity contribution in [2.75, 3.05) is 20.3 Å². The minimum Gasteiger partial charge on any atom is -0.497 e. The maximum Gasteiger partial charge on any atom is 0.261 e. The van der Waals surface area contributed by atoms with E-state index in [4.69, 9.17) is 14.2 Å². The number of rotatable bonds is 9. The summed E-state index contributed by atoms with van der Waals surface area (Å²) in [5.41, 5.74) is 1.15. The SMILES string of the molecule is CCC(Oc1ccc(OC)cc1)C(=O)NCCOc1ccccc1C(C)(C)C. The molecule has 2 rings (SSSR count). The number of carbonyl (C=O) groups is 1. The highest BCUT2D eigenvalue weighted by Gasteiger charge is 2.19. The van der Waals surface area contributed by atoms with Crippen molar-refractivity contribution in [3.05, 3.63) is 54.1 Å². The molecule has 1 atom stereocenters. The van der Waals surface area contributed by atoms with Gasteiger partial charge in [-0.2, -0.15) is 0 Å². The fourth-order valence-corrected chi connectivity index (χ4v) is 2.80. The standard InChI is InChI=1S/C23H31NO4/c1-6-20(28-18-13-11-17(26-5)12-14-18)22(25)24-15-16-27-21-10-8-7-9-19(21)23(2,3)4/h7-14,20H,6,15-16H2,1-5H3,(H,24,25). The molecule has 1 unspecified atom stereocenters. The fourth-order valence-electron chi connectivity index (χ4n) is 2.80. The Labute approximate surface area is 168 Å². The lowest BCUT2D eigenvalue weighted by molar-refractivity contribution is -0.128. The van der Waals surface area contributed by atoms with Gasteiger partial charge in [0.15, 0.2) is 6.10 Å². The summed E-state index contributed by atoms with van der Waals surface area (Å²) < 4.78 is 16.8. The quantitative estimate of drug-likeness (QED) is 0.652. The normalized spacial score (nSPS) is 12.2. The lowest BCUT2D eigenvalue weighted by atomic mass is 9.86. The van der Waals surface area contributed by atoms with Crippen LogP contribution in [0.5, 0.6) is 17.2 Å². The van der Waals surface area contributed by atoms with Gasteiger partial charge in [0.1, 0.15) is 23.9 Å². The monoisotopic (exact) mass is 385 g/mol. The van der Waals surface area contributed by atoms with Gasteiger partial charge in [0.05, 0.1) is 13.7 Å². The van der Waals surface area contributed by atoms with Crippen LogP contribution in [-0.4, -0.2) is 32.3 Å². The van der Waals surface area contributed by atoms with Crippen LogP contribution in [0.15, 0.2) is 48.5 Å². The van der Waals surface area contributed by atoms with E-state index in [0.717, 1.165) is 17.1 Å². The predicted molar refractivity (Wildman–Crippen MR) is 111 cm³/mol. The molecule has 0 aromatic heterocycles. The summed E-state index contributed by atoms with van der Waals surface area (Å²) >= 11 is 0. The van der Waals surface area contributed by atoms with E-state index in [1.165, 1.54) is 0 Å². The molecule has 0 saturated heterocycles. The third kappa shape index (κ3) is 6.19. The van der Waals surface area contributed by atoms with Gasteiger partial charge in [-0.3, -0.25) is 4.79 Å². The number of para-hydroxylation sites is 1. The van der Waals surface area contributed by atoms with E-state index in [1.54, 1.807) is 31.4 Å². The lowest BCUT2D eigenvalue weighted by Crippen LogP contribution is -2.39. The van der Waals surface area contributed by atoms with E-state index in [0.29, 0.717) is 25.3 Å². The smallest absolute Gasteiger partial charge is 0.261 e. The topological polar surface area (TPSA) is 56.8 Å². The number of ether oxygens (including phenoxy) is 3. The minimum atomic E-state index is -0.546. The number of carbonyl (C=O) groups excluding carboxylic acids is 1. The van der Waals surface area contributed by atoms with Crippen molar-refractivity contribution in [3.8, 4) is 17.2 Å². The molecule has 0 heterocycles. The van der Waals surface area contributed by atoms with Crippen LogP contribution in [0.1, 0.15) is 39.7 Å². The first-order valence-electron chi connectivity index (χ1n) is 9.66. The van der Waals surface area contributed by atoms with E-state index in [2.05, 4.69) is 32.2 Å². The average molecular weight is 386 g/mol. The molecule has 0 aliphatic rings. The van der Waals surface area contributed by atoms with Gasteiger partial charge in [-0.15, -0.1) is 0 Å². The van der Waals surface area contributed by atoms with E-state index in [1.807, 2.05) is 25.1 Å². The number of hydrogen-bond acceptors (Lipinski definition) is 4. The largest absolute Gasteiger partial charge is 0.497 e. The molecule has 2 aromatic rings. The van der Waals surface area contributed by atoms with Gasteiger partial charge in [-0.1, -0.05) is 45.9 Å². The van der Waals surface area contributed by atoms with Crippen molar-refractivity contribution >= 4 is 5.91 Å². The van der Waals surface area contributed by atoms with Crippen molar-refractivity contribution in [2.45, 2.75) is 45.6 Å². The number of nitrogens with one attached hydrogen (secondary N) is 1. The number of hydrogen-bond donors (Lipinski definition) is 1. The van der Waals surface area contributed by atoms with Gasteiger partial charge in [-0.05, 0) is 47.7 Å². The highest BCUT2D eigenvalue weighted by atomic mass is 16.5. The second kappa shape index (κ2) is 10.0. The molecular weight excluding hydrogens is 354 g/mol. The van der Waals surface area contributed by atoms with Gasteiger partial charge >= 0.3 is 0 Å². The van der Waals surface area contributed by atoms with Crippen molar-refractivity contribution in [1.29, 1.82) is 0 Å². The highest BCUT2D eigenvalue weighted by molar-refractivity contribution is 5.81. The molecule has 152 valence electrons. The summed E-state index contributed by atoms with van der Waals surface area (Å²) in [7, 11) is 1.61. The molecule has 1 N–H and O–H groups in total. The van der Waals surface area contributed by atoms with Crippen LogP contribution in [0.3, 0.4) is 0 Å². The molecule has 28 heavy (non-hydrogen) atoms. The van der Waals surface area contributed by atoms with E-state index < -0.39 is 6.10 Å². The zero-order valence-corrected chi connectivity index (χ0v) is 17.5. The zero-order chi connectivity index (χ0) is 20.6. The maximum atomic E-state index is 12.4.